The quantitative estimate of drug-likeness (QED) is 0.564. The zero-order valence-corrected chi connectivity index (χ0v) is 19.2. The van der Waals surface area contributed by atoms with Gasteiger partial charge in [0.1, 0.15) is 19.3 Å². The van der Waals surface area contributed by atoms with Crippen molar-refractivity contribution in [3.63, 3.8) is 0 Å². The van der Waals surface area contributed by atoms with E-state index in [1.54, 1.807) is 32.9 Å². The predicted molar refractivity (Wildman–Crippen MR) is 118 cm³/mol. The standard InChI is InChI=1S/C22H27N3O6S/c1-13(2)20(22(27)24-23-21(26)17-7-5-14(3)11-15(17)4)25-32(28,29)16-6-8-18-19(12-16)31-10-9-30-18/h5-8,11-13,20,25H,9-10H2,1-4H3,(H,23,26)(H,24,27)/t20-/m1/s1. The van der Waals surface area contributed by atoms with Crippen molar-refractivity contribution in [2.24, 2.45) is 5.92 Å². The number of hydrogen-bond donors (Lipinski definition) is 3. The summed E-state index contributed by atoms with van der Waals surface area (Å²) in [4.78, 5) is 25.1. The van der Waals surface area contributed by atoms with Gasteiger partial charge in [0.05, 0.1) is 4.90 Å². The number of hydrazine groups is 1. The van der Waals surface area contributed by atoms with Crippen LogP contribution >= 0.6 is 0 Å². The zero-order chi connectivity index (χ0) is 23.5. The lowest BCUT2D eigenvalue weighted by Crippen LogP contribution is -2.54. The van der Waals surface area contributed by atoms with Crippen LogP contribution in [0.2, 0.25) is 0 Å². The number of carbonyl (C=O) groups excluding carboxylic acids is 2. The van der Waals surface area contributed by atoms with Gasteiger partial charge in [-0.15, -0.1) is 0 Å². The minimum atomic E-state index is -4.04. The Labute approximate surface area is 187 Å². The second kappa shape index (κ2) is 9.58. The Kier molecular flexibility index (Phi) is 7.05. The van der Waals surface area contributed by atoms with Gasteiger partial charge in [-0.05, 0) is 43.5 Å². The van der Waals surface area contributed by atoms with Crippen molar-refractivity contribution in [1.82, 2.24) is 15.6 Å². The number of hydrogen-bond acceptors (Lipinski definition) is 6. The third-order valence-corrected chi connectivity index (χ3v) is 6.42. The first kappa shape index (κ1) is 23.6. The Bertz CT molecular complexity index is 1130. The molecule has 1 heterocycles. The van der Waals surface area contributed by atoms with Crippen LogP contribution < -0.4 is 25.0 Å². The summed E-state index contributed by atoms with van der Waals surface area (Å²) in [6.07, 6.45) is 0. The van der Waals surface area contributed by atoms with Crippen molar-refractivity contribution in [3.05, 3.63) is 53.1 Å². The summed E-state index contributed by atoms with van der Waals surface area (Å²) in [5, 5.41) is 0. The van der Waals surface area contributed by atoms with Crippen molar-refractivity contribution in [1.29, 1.82) is 0 Å². The largest absolute Gasteiger partial charge is 0.486 e. The molecule has 10 heteroatoms. The van der Waals surface area contributed by atoms with Gasteiger partial charge < -0.3 is 9.47 Å². The van der Waals surface area contributed by atoms with Crippen LogP contribution in [0.4, 0.5) is 0 Å². The van der Waals surface area contributed by atoms with Crippen LogP contribution in [0, 0.1) is 19.8 Å². The molecule has 0 saturated carbocycles. The summed E-state index contributed by atoms with van der Waals surface area (Å²) in [7, 11) is -4.04. The van der Waals surface area contributed by atoms with Crippen molar-refractivity contribution in [2.45, 2.75) is 38.6 Å². The van der Waals surface area contributed by atoms with E-state index >= 15 is 0 Å². The lowest BCUT2D eigenvalue weighted by atomic mass is 10.1. The molecule has 0 unspecified atom stereocenters. The maximum Gasteiger partial charge on any atom is 0.269 e. The Morgan fingerprint density at radius 3 is 2.28 bits per heavy atom. The maximum atomic E-state index is 12.9. The Morgan fingerprint density at radius 1 is 0.938 bits per heavy atom. The van der Waals surface area contributed by atoms with Crippen LogP contribution in [0.15, 0.2) is 41.3 Å². The molecule has 0 bridgehead atoms. The second-order valence-electron chi connectivity index (χ2n) is 7.91. The van der Waals surface area contributed by atoms with Gasteiger partial charge in [0.25, 0.3) is 11.8 Å². The first-order valence-corrected chi connectivity index (χ1v) is 11.7. The molecule has 2 amide bonds. The highest BCUT2D eigenvalue weighted by molar-refractivity contribution is 7.89. The van der Waals surface area contributed by atoms with Gasteiger partial charge >= 0.3 is 0 Å². The fourth-order valence-corrected chi connectivity index (χ4v) is 4.61. The van der Waals surface area contributed by atoms with Crippen molar-refractivity contribution in [2.75, 3.05) is 13.2 Å². The molecular formula is C22H27N3O6S. The van der Waals surface area contributed by atoms with Gasteiger partial charge in [0.2, 0.25) is 10.0 Å². The smallest absolute Gasteiger partial charge is 0.269 e. The van der Waals surface area contributed by atoms with Gasteiger partial charge in [-0.25, -0.2) is 8.42 Å². The number of sulfonamides is 1. The number of amides is 2. The fourth-order valence-electron chi connectivity index (χ4n) is 3.25. The average Bonchev–Trinajstić information content (AvgIpc) is 2.75. The molecule has 32 heavy (non-hydrogen) atoms. The number of rotatable bonds is 6. The minimum Gasteiger partial charge on any atom is -0.486 e. The monoisotopic (exact) mass is 461 g/mol. The second-order valence-corrected chi connectivity index (χ2v) is 9.62. The summed E-state index contributed by atoms with van der Waals surface area (Å²) in [6.45, 7) is 7.81. The van der Waals surface area contributed by atoms with Crippen molar-refractivity contribution >= 4 is 21.8 Å². The van der Waals surface area contributed by atoms with Gasteiger partial charge in [0.15, 0.2) is 11.5 Å². The normalized spacial score (nSPS) is 14.0. The number of aryl methyl sites for hydroxylation is 2. The minimum absolute atomic E-state index is 0.0560. The van der Waals surface area contributed by atoms with E-state index in [0.29, 0.717) is 30.3 Å². The van der Waals surface area contributed by atoms with Crippen molar-refractivity contribution in [3.8, 4) is 11.5 Å². The zero-order valence-electron chi connectivity index (χ0n) is 18.4. The van der Waals surface area contributed by atoms with E-state index in [-0.39, 0.29) is 10.8 Å². The summed E-state index contributed by atoms with van der Waals surface area (Å²) < 4.78 is 39.1. The summed E-state index contributed by atoms with van der Waals surface area (Å²) in [5.41, 5.74) is 6.85. The number of fused-ring (bicyclic) bond motifs is 1. The molecule has 0 saturated heterocycles. The molecule has 172 valence electrons. The van der Waals surface area contributed by atoms with Gasteiger partial charge in [-0.3, -0.25) is 20.4 Å². The van der Waals surface area contributed by atoms with E-state index in [4.69, 9.17) is 9.47 Å². The van der Waals surface area contributed by atoms with E-state index in [0.717, 1.165) is 11.1 Å². The molecule has 1 aliphatic heterocycles. The molecule has 0 aliphatic carbocycles. The third-order valence-electron chi connectivity index (χ3n) is 4.98. The van der Waals surface area contributed by atoms with Crippen LogP contribution in [0.5, 0.6) is 11.5 Å². The van der Waals surface area contributed by atoms with Gasteiger partial charge in [0, 0.05) is 11.6 Å². The highest BCUT2D eigenvalue weighted by Crippen LogP contribution is 2.32. The molecule has 2 aromatic carbocycles. The van der Waals surface area contributed by atoms with Gasteiger partial charge in [-0.2, -0.15) is 4.72 Å². The first-order chi connectivity index (χ1) is 15.1. The average molecular weight is 462 g/mol. The Morgan fingerprint density at radius 2 is 1.62 bits per heavy atom. The predicted octanol–water partition coefficient (Wildman–Crippen LogP) is 1.84. The summed E-state index contributed by atoms with van der Waals surface area (Å²) in [6, 6.07) is 8.44. The van der Waals surface area contributed by atoms with Crippen LogP contribution in [0.1, 0.15) is 35.3 Å². The molecule has 0 aromatic heterocycles. The van der Waals surface area contributed by atoms with E-state index < -0.39 is 27.9 Å². The lowest BCUT2D eigenvalue weighted by Gasteiger charge is -2.23. The molecule has 2 aromatic rings. The molecule has 0 spiro atoms. The number of nitrogens with one attached hydrogen (secondary N) is 3. The van der Waals surface area contributed by atoms with Crippen LogP contribution in [-0.4, -0.2) is 39.5 Å². The van der Waals surface area contributed by atoms with Crippen LogP contribution in [0.3, 0.4) is 0 Å². The van der Waals surface area contributed by atoms with Crippen molar-refractivity contribution < 1.29 is 27.5 Å². The molecule has 0 radical (unpaired) electrons. The Hall–Kier alpha value is -3.11. The number of ether oxygens (including phenoxy) is 2. The molecule has 1 aliphatic rings. The van der Waals surface area contributed by atoms with E-state index in [1.165, 1.54) is 18.2 Å². The van der Waals surface area contributed by atoms with Crippen LogP contribution in [0.25, 0.3) is 0 Å². The fraction of sp³-hybridized carbons (Fsp3) is 0.364. The maximum absolute atomic E-state index is 12.9. The van der Waals surface area contributed by atoms with E-state index in [2.05, 4.69) is 15.6 Å². The number of benzene rings is 2. The number of carbonyl (C=O) groups is 2. The topological polar surface area (TPSA) is 123 Å². The molecule has 1 atom stereocenters. The highest BCUT2D eigenvalue weighted by atomic mass is 32.2. The first-order valence-electron chi connectivity index (χ1n) is 10.2. The highest BCUT2D eigenvalue weighted by Gasteiger charge is 2.29. The van der Waals surface area contributed by atoms with Crippen LogP contribution in [-0.2, 0) is 14.8 Å². The Balaban J connectivity index is 1.70. The van der Waals surface area contributed by atoms with E-state index in [9.17, 15) is 18.0 Å². The summed E-state index contributed by atoms with van der Waals surface area (Å²) >= 11 is 0. The third kappa shape index (κ3) is 5.38. The summed E-state index contributed by atoms with van der Waals surface area (Å²) in [5.74, 6) is -0.778. The van der Waals surface area contributed by atoms with E-state index in [1.807, 2.05) is 13.0 Å². The molecule has 9 nitrogen and oxygen atoms in total. The SMILES string of the molecule is Cc1ccc(C(=O)NNC(=O)[C@H](NS(=O)(=O)c2ccc3c(c2)OCCO3)C(C)C)c(C)c1. The van der Waals surface area contributed by atoms with Gasteiger partial charge in [-0.1, -0.05) is 31.5 Å². The molecular weight excluding hydrogens is 434 g/mol. The lowest BCUT2D eigenvalue weighted by molar-refractivity contribution is -0.124. The molecule has 0 fully saturated rings. The molecule has 3 N–H and O–H groups in total. The molecule has 3 rings (SSSR count).